The molecule has 1 N–H and O–H groups in total. The topological polar surface area (TPSA) is 67.9 Å². The van der Waals surface area contributed by atoms with E-state index in [1.807, 2.05) is 6.07 Å². The average Bonchev–Trinajstić information content (AvgIpc) is 3.17. The molecule has 6 nitrogen and oxygen atoms in total. The van der Waals surface area contributed by atoms with Crippen LogP contribution in [0.4, 0.5) is 15.8 Å². The quantitative estimate of drug-likeness (QED) is 0.647. The lowest BCUT2D eigenvalue weighted by Crippen LogP contribution is -2.43. The van der Waals surface area contributed by atoms with E-state index in [9.17, 15) is 14.0 Å². The number of esters is 1. The Balaban J connectivity index is 1.35. The molecule has 2 aliphatic rings. The number of fused-ring (bicyclic) bond motifs is 3. The van der Waals surface area contributed by atoms with E-state index in [0.29, 0.717) is 17.0 Å². The number of nitrogens with one attached hydrogen (secondary N) is 1. The van der Waals surface area contributed by atoms with Crippen LogP contribution in [-0.4, -0.2) is 37.7 Å². The van der Waals surface area contributed by atoms with E-state index in [1.54, 1.807) is 12.1 Å². The van der Waals surface area contributed by atoms with Crippen LogP contribution in [0, 0.1) is 5.82 Å². The van der Waals surface area contributed by atoms with E-state index in [1.165, 1.54) is 24.3 Å². The van der Waals surface area contributed by atoms with Crippen LogP contribution in [0.15, 0.2) is 42.5 Å². The zero-order valence-electron chi connectivity index (χ0n) is 14.6. The molecule has 0 radical (unpaired) electrons. The fourth-order valence-electron chi connectivity index (χ4n) is 3.47. The molecule has 0 bridgehead atoms. The molecule has 2 aliphatic heterocycles. The van der Waals surface area contributed by atoms with Gasteiger partial charge in [0, 0.05) is 6.54 Å². The van der Waals surface area contributed by atoms with Crippen molar-refractivity contribution in [1.82, 2.24) is 0 Å². The number of ether oxygens (including phenoxy) is 2. The van der Waals surface area contributed by atoms with E-state index in [0.717, 1.165) is 25.1 Å². The number of rotatable bonds is 5. The lowest BCUT2D eigenvalue weighted by molar-refractivity contribution is -0.117. The fraction of sp³-hybridized carbons (Fsp3) is 0.300. The van der Waals surface area contributed by atoms with Gasteiger partial charge in [-0.25, -0.2) is 9.18 Å². The summed E-state index contributed by atoms with van der Waals surface area (Å²) in [5, 5.41) is 2.88. The molecule has 1 fully saturated rings. The van der Waals surface area contributed by atoms with Crippen LogP contribution >= 0.6 is 0 Å². The zero-order valence-corrected chi connectivity index (χ0v) is 14.6. The number of carbonyl (C=O) groups is 2. The van der Waals surface area contributed by atoms with Gasteiger partial charge >= 0.3 is 5.97 Å². The Kier molecular flexibility index (Phi) is 4.66. The second-order valence-electron chi connectivity index (χ2n) is 6.51. The SMILES string of the molecule is O=C(OCCOc1ccc(F)cc1)c1ccc2c(c1)NC(=O)[C@H]1CCCN21. The highest BCUT2D eigenvalue weighted by Crippen LogP contribution is 2.37. The predicted octanol–water partition coefficient (Wildman–Crippen LogP) is 2.98. The lowest BCUT2D eigenvalue weighted by Gasteiger charge is -2.33. The molecule has 7 heteroatoms. The molecule has 0 aliphatic carbocycles. The van der Waals surface area contributed by atoms with Gasteiger partial charge in [-0.15, -0.1) is 0 Å². The third kappa shape index (κ3) is 3.58. The van der Waals surface area contributed by atoms with Crippen LogP contribution in [0.1, 0.15) is 23.2 Å². The molecular formula is C20H19FN2O4. The van der Waals surface area contributed by atoms with E-state index >= 15 is 0 Å². The number of carbonyl (C=O) groups excluding carboxylic acids is 2. The molecule has 0 unspecified atom stereocenters. The van der Waals surface area contributed by atoms with Crippen molar-refractivity contribution in [3.8, 4) is 5.75 Å². The minimum atomic E-state index is -0.488. The number of benzene rings is 2. The molecule has 0 saturated carbocycles. The van der Waals surface area contributed by atoms with Gasteiger partial charge in [-0.3, -0.25) is 4.79 Å². The van der Waals surface area contributed by atoms with Gasteiger partial charge in [0.25, 0.3) is 0 Å². The number of anilines is 2. The molecule has 2 aromatic carbocycles. The molecule has 2 heterocycles. The van der Waals surface area contributed by atoms with Crippen molar-refractivity contribution in [1.29, 1.82) is 0 Å². The summed E-state index contributed by atoms with van der Waals surface area (Å²) in [5.41, 5.74) is 1.94. The first kappa shape index (κ1) is 17.3. The molecular weight excluding hydrogens is 351 g/mol. The van der Waals surface area contributed by atoms with E-state index in [2.05, 4.69) is 10.2 Å². The molecule has 4 rings (SSSR count). The number of halogens is 1. The summed E-state index contributed by atoms with van der Waals surface area (Å²) in [6.45, 7) is 1.07. The summed E-state index contributed by atoms with van der Waals surface area (Å²) in [7, 11) is 0. The Hall–Kier alpha value is -3.09. The maximum Gasteiger partial charge on any atom is 0.338 e. The number of amides is 1. The van der Waals surface area contributed by atoms with Crippen molar-refractivity contribution in [3.63, 3.8) is 0 Å². The van der Waals surface area contributed by atoms with Crippen LogP contribution in [0.5, 0.6) is 5.75 Å². The molecule has 1 amide bonds. The van der Waals surface area contributed by atoms with Crippen molar-refractivity contribution in [2.75, 3.05) is 30.0 Å². The van der Waals surface area contributed by atoms with Crippen molar-refractivity contribution < 1.29 is 23.5 Å². The maximum atomic E-state index is 12.8. The van der Waals surface area contributed by atoms with Gasteiger partial charge in [0.2, 0.25) is 5.91 Å². The standard InChI is InChI=1S/C20H19FN2O4/c21-14-4-6-15(7-5-14)26-10-11-27-20(25)13-3-8-17-16(12-13)22-19(24)18-2-1-9-23(17)18/h3-8,12,18H,1-2,9-11H2,(H,22,24)/t18-/m1/s1. The van der Waals surface area contributed by atoms with Crippen LogP contribution in [0.25, 0.3) is 0 Å². The Labute approximate surface area is 155 Å². The molecule has 27 heavy (non-hydrogen) atoms. The Morgan fingerprint density at radius 3 is 2.81 bits per heavy atom. The Morgan fingerprint density at radius 2 is 2.00 bits per heavy atom. The highest BCUT2D eigenvalue weighted by Gasteiger charge is 2.36. The minimum absolute atomic E-state index is 0.0294. The van der Waals surface area contributed by atoms with E-state index < -0.39 is 5.97 Å². The van der Waals surface area contributed by atoms with Crippen LogP contribution in [0.2, 0.25) is 0 Å². The Morgan fingerprint density at radius 1 is 1.19 bits per heavy atom. The molecule has 2 aromatic rings. The Bertz CT molecular complexity index is 869. The second-order valence-corrected chi connectivity index (χ2v) is 6.51. The third-order valence-electron chi connectivity index (χ3n) is 4.75. The molecule has 1 atom stereocenters. The monoisotopic (exact) mass is 370 g/mol. The lowest BCUT2D eigenvalue weighted by atomic mass is 10.1. The molecule has 0 spiro atoms. The molecule has 140 valence electrons. The summed E-state index contributed by atoms with van der Waals surface area (Å²) in [6, 6.07) is 10.7. The smallest absolute Gasteiger partial charge is 0.338 e. The van der Waals surface area contributed by atoms with Crippen molar-refractivity contribution in [3.05, 3.63) is 53.8 Å². The number of hydrogen-bond donors (Lipinski definition) is 1. The van der Waals surface area contributed by atoms with Crippen LogP contribution in [0.3, 0.4) is 0 Å². The van der Waals surface area contributed by atoms with Gasteiger partial charge in [-0.05, 0) is 55.3 Å². The molecule has 0 aromatic heterocycles. The van der Waals surface area contributed by atoms with Crippen LogP contribution in [-0.2, 0) is 9.53 Å². The maximum absolute atomic E-state index is 12.8. The summed E-state index contributed by atoms with van der Waals surface area (Å²) in [5.74, 6) is -0.353. The van der Waals surface area contributed by atoms with Gasteiger partial charge in [-0.2, -0.15) is 0 Å². The zero-order chi connectivity index (χ0) is 18.8. The summed E-state index contributed by atoms with van der Waals surface area (Å²) < 4.78 is 23.4. The number of nitrogens with zero attached hydrogens (tertiary/aromatic N) is 1. The van der Waals surface area contributed by atoms with Crippen molar-refractivity contribution >= 4 is 23.3 Å². The highest BCUT2D eigenvalue weighted by molar-refractivity contribution is 6.05. The first-order chi connectivity index (χ1) is 13.1. The third-order valence-corrected chi connectivity index (χ3v) is 4.75. The predicted molar refractivity (Wildman–Crippen MR) is 97.6 cm³/mol. The van der Waals surface area contributed by atoms with Gasteiger partial charge in [0.15, 0.2) is 0 Å². The summed E-state index contributed by atoms with van der Waals surface area (Å²) >= 11 is 0. The van der Waals surface area contributed by atoms with Crippen LogP contribution < -0.4 is 15.0 Å². The first-order valence-electron chi connectivity index (χ1n) is 8.89. The summed E-state index contributed by atoms with van der Waals surface area (Å²) in [4.78, 5) is 26.5. The molecule has 1 saturated heterocycles. The minimum Gasteiger partial charge on any atom is -0.490 e. The van der Waals surface area contributed by atoms with Gasteiger partial charge in [0.05, 0.1) is 16.9 Å². The van der Waals surface area contributed by atoms with Gasteiger partial charge < -0.3 is 19.7 Å². The van der Waals surface area contributed by atoms with Gasteiger partial charge in [-0.1, -0.05) is 0 Å². The van der Waals surface area contributed by atoms with Crippen molar-refractivity contribution in [2.45, 2.75) is 18.9 Å². The highest BCUT2D eigenvalue weighted by atomic mass is 19.1. The van der Waals surface area contributed by atoms with E-state index in [-0.39, 0.29) is 31.0 Å². The van der Waals surface area contributed by atoms with Crippen molar-refractivity contribution in [2.24, 2.45) is 0 Å². The van der Waals surface area contributed by atoms with E-state index in [4.69, 9.17) is 9.47 Å². The summed E-state index contributed by atoms with van der Waals surface area (Å²) in [6.07, 6.45) is 1.83. The fourth-order valence-corrected chi connectivity index (χ4v) is 3.47. The first-order valence-corrected chi connectivity index (χ1v) is 8.89. The number of hydrogen-bond acceptors (Lipinski definition) is 5. The second kappa shape index (κ2) is 7.26. The average molecular weight is 370 g/mol. The normalized spacial score (nSPS) is 17.7. The largest absolute Gasteiger partial charge is 0.490 e. The van der Waals surface area contributed by atoms with Gasteiger partial charge in [0.1, 0.15) is 30.8 Å².